The van der Waals surface area contributed by atoms with Crippen LogP contribution in [0.3, 0.4) is 0 Å². The zero-order chi connectivity index (χ0) is 12.3. The minimum atomic E-state index is 0.329. The van der Waals surface area contributed by atoms with Crippen molar-refractivity contribution in [1.29, 1.82) is 0 Å². The molecule has 2 heterocycles. The molecule has 2 aromatic rings. The highest BCUT2D eigenvalue weighted by atomic mass is 16.5. The molecule has 0 saturated heterocycles. The second-order valence-electron chi connectivity index (χ2n) is 4.29. The minimum absolute atomic E-state index is 0.329. The third kappa shape index (κ3) is 3.01. The van der Waals surface area contributed by atoms with Gasteiger partial charge >= 0.3 is 0 Å². The molecule has 1 unspecified atom stereocenters. The van der Waals surface area contributed by atoms with Crippen molar-refractivity contribution in [2.45, 2.75) is 26.4 Å². The van der Waals surface area contributed by atoms with Crippen LogP contribution in [0.15, 0.2) is 18.5 Å². The monoisotopic (exact) mass is 234 g/mol. The van der Waals surface area contributed by atoms with Gasteiger partial charge in [0, 0.05) is 43.7 Å². The van der Waals surface area contributed by atoms with Gasteiger partial charge in [0.2, 0.25) is 0 Å². The summed E-state index contributed by atoms with van der Waals surface area (Å²) in [5.41, 5.74) is 2.98. The van der Waals surface area contributed by atoms with E-state index in [1.54, 1.807) is 7.11 Å². The van der Waals surface area contributed by atoms with Crippen LogP contribution in [0.2, 0.25) is 0 Å². The van der Waals surface area contributed by atoms with Crippen molar-refractivity contribution in [2.75, 3.05) is 13.7 Å². The summed E-state index contributed by atoms with van der Waals surface area (Å²) in [6.07, 6.45) is 3.88. The molecule has 0 spiro atoms. The number of aromatic nitrogens is 3. The molecule has 2 rings (SSSR count). The Balaban J connectivity index is 2.03. The standard InChI is InChI=1S/C12H18N4O/c1-9-4-12-14-6-11(7-16(12)15-9)5-13-10(2)8-17-3/h4,6-7,10,13H,5,8H2,1-3H3. The molecular formula is C12H18N4O. The maximum atomic E-state index is 5.07. The van der Waals surface area contributed by atoms with Crippen molar-refractivity contribution in [2.24, 2.45) is 0 Å². The van der Waals surface area contributed by atoms with Crippen LogP contribution in [-0.2, 0) is 11.3 Å². The minimum Gasteiger partial charge on any atom is -0.383 e. The molecule has 0 aromatic carbocycles. The molecule has 2 aromatic heterocycles. The lowest BCUT2D eigenvalue weighted by molar-refractivity contribution is 0.171. The SMILES string of the molecule is COCC(C)NCc1cnc2cc(C)nn2c1. The summed E-state index contributed by atoms with van der Waals surface area (Å²) in [5.74, 6) is 0. The lowest BCUT2D eigenvalue weighted by atomic mass is 10.3. The number of ether oxygens (including phenoxy) is 1. The van der Waals surface area contributed by atoms with Gasteiger partial charge < -0.3 is 10.1 Å². The van der Waals surface area contributed by atoms with E-state index in [4.69, 9.17) is 4.74 Å². The highest BCUT2D eigenvalue weighted by Gasteiger charge is 2.03. The molecular weight excluding hydrogens is 216 g/mol. The van der Waals surface area contributed by atoms with Gasteiger partial charge in [-0.25, -0.2) is 9.50 Å². The van der Waals surface area contributed by atoms with Gasteiger partial charge in [0.05, 0.1) is 12.3 Å². The molecule has 0 radical (unpaired) electrons. The van der Waals surface area contributed by atoms with Crippen LogP contribution in [0, 0.1) is 6.92 Å². The number of rotatable bonds is 5. The molecule has 0 bridgehead atoms. The Morgan fingerprint density at radius 1 is 1.53 bits per heavy atom. The summed E-state index contributed by atoms with van der Waals surface area (Å²) in [4.78, 5) is 4.36. The van der Waals surface area contributed by atoms with Gasteiger partial charge in [-0.15, -0.1) is 0 Å². The first-order valence-electron chi connectivity index (χ1n) is 5.72. The topological polar surface area (TPSA) is 51.5 Å². The summed E-state index contributed by atoms with van der Waals surface area (Å²) in [6, 6.07) is 2.29. The predicted molar refractivity (Wildman–Crippen MR) is 65.9 cm³/mol. The fraction of sp³-hybridized carbons (Fsp3) is 0.500. The predicted octanol–water partition coefficient (Wildman–Crippen LogP) is 1.16. The lowest BCUT2D eigenvalue weighted by Gasteiger charge is -2.12. The molecule has 1 N–H and O–H groups in total. The van der Waals surface area contributed by atoms with E-state index in [-0.39, 0.29) is 0 Å². The number of hydrogen-bond acceptors (Lipinski definition) is 4. The number of aryl methyl sites for hydroxylation is 1. The van der Waals surface area contributed by atoms with Gasteiger partial charge in [-0.2, -0.15) is 5.10 Å². The molecule has 92 valence electrons. The number of nitrogens with zero attached hydrogens (tertiary/aromatic N) is 3. The smallest absolute Gasteiger partial charge is 0.155 e. The zero-order valence-electron chi connectivity index (χ0n) is 10.5. The number of methoxy groups -OCH3 is 1. The van der Waals surface area contributed by atoms with Gasteiger partial charge in [-0.3, -0.25) is 0 Å². The Kier molecular flexibility index (Phi) is 3.71. The number of fused-ring (bicyclic) bond motifs is 1. The quantitative estimate of drug-likeness (QED) is 0.843. The van der Waals surface area contributed by atoms with Crippen LogP contribution in [0.5, 0.6) is 0 Å². The molecule has 0 amide bonds. The van der Waals surface area contributed by atoms with E-state index < -0.39 is 0 Å². The van der Waals surface area contributed by atoms with E-state index in [1.807, 2.05) is 29.9 Å². The van der Waals surface area contributed by atoms with E-state index >= 15 is 0 Å². The fourth-order valence-corrected chi connectivity index (χ4v) is 1.73. The van der Waals surface area contributed by atoms with Crippen molar-refractivity contribution >= 4 is 5.65 Å². The first kappa shape index (κ1) is 12.0. The van der Waals surface area contributed by atoms with E-state index in [0.717, 1.165) is 23.4 Å². The Hall–Kier alpha value is -1.46. The van der Waals surface area contributed by atoms with Crippen LogP contribution < -0.4 is 5.32 Å². The Bertz CT molecular complexity index is 494. The van der Waals surface area contributed by atoms with Crippen LogP contribution in [-0.4, -0.2) is 34.4 Å². The summed E-state index contributed by atoms with van der Waals surface area (Å²) >= 11 is 0. The maximum Gasteiger partial charge on any atom is 0.155 e. The van der Waals surface area contributed by atoms with Crippen LogP contribution in [0.4, 0.5) is 0 Å². The Morgan fingerprint density at radius 2 is 2.35 bits per heavy atom. The Morgan fingerprint density at radius 3 is 3.12 bits per heavy atom. The van der Waals surface area contributed by atoms with Crippen molar-refractivity contribution in [1.82, 2.24) is 19.9 Å². The summed E-state index contributed by atoms with van der Waals surface area (Å²) in [6.45, 7) is 5.53. The van der Waals surface area contributed by atoms with Crippen molar-refractivity contribution in [3.05, 3.63) is 29.7 Å². The lowest BCUT2D eigenvalue weighted by Crippen LogP contribution is -2.29. The molecule has 0 aliphatic rings. The molecule has 5 heteroatoms. The van der Waals surface area contributed by atoms with Gasteiger partial charge in [0.15, 0.2) is 5.65 Å². The summed E-state index contributed by atoms with van der Waals surface area (Å²) < 4.78 is 6.88. The zero-order valence-corrected chi connectivity index (χ0v) is 10.5. The van der Waals surface area contributed by atoms with Gasteiger partial charge in [-0.05, 0) is 13.8 Å². The Labute approximate surface area is 101 Å². The second-order valence-corrected chi connectivity index (χ2v) is 4.29. The average Bonchev–Trinajstić information content (AvgIpc) is 2.66. The largest absolute Gasteiger partial charge is 0.383 e. The highest BCUT2D eigenvalue weighted by molar-refractivity contribution is 5.38. The molecule has 17 heavy (non-hydrogen) atoms. The van der Waals surface area contributed by atoms with Crippen LogP contribution >= 0.6 is 0 Å². The number of hydrogen-bond donors (Lipinski definition) is 1. The third-order valence-corrected chi connectivity index (χ3v) is 2.56. The average molecular weight is 234 g/mol. The van der Waals surface area contributed by atoms with Gasteiger partial charge in [-0.1, -0.05) is 0 Å². The summed E-state index contributed by atoms with van der Waals surface area (Å²) in [7, 11) is 1.71. The van der Waals surface area contributed by atoms with Crippen molar-refractivity contribution < 1.29 is 4.74 Å². The van der Waals surface area contributed by atoms with Crippen molar-refractivity contribution in [3.63, 3.8) is 0 Å². The second kappa shape index (κ2) is 5.25. The van der Waals surface area contributed by atoms with Crippen LogP contribution in [0.1, 0.15) is 18.2 Å². The van der Waals surface area contributed by atoms with E-state index in [9.17, 15) is 0 Å². The normalized spacial score (nSPS) is 13.1. The molecule has 0 fully saturated rings. The van der Waals surface area contributed by atoms with Gasteiger partial charge in [0.1, 0.15) is 0 Å². The third-order valence-electron chi connectivity index (χ3n) is 2.56. The van der Waals surface area contributed by atoms with Gasteiger partial charge in [0.25, 0.3) is 0 Å². The van der Waals surface area contributed by atoms with E-state index in [0.29, 0.717) is 12.6 Å². The maximum absolute atomic E-state index is 5.07. The van der Waals surface area contributed by atoms with Crippen molar-refractivity contribution in [3.8, 4) is 0 Å². The molecule has 0 aliphatic heterocycles. The van der Waals surface area contributed by atoms with E-state index in [1.165, 1.54) is 0 Å². The fourth-order valence-electron chi connectivity index (χ4n) is 1.73. The number of nitrogens with one attached hydrogen (secondary N) is 1. The molecule has 1 atom stereocenters. The molecule has 5 nitrogen and oxygen atoms in total. The molecule has 0 aliphatic carbocycles. The first-order valence-corrected chi connectivity index (χ1v) is 5.72. The van der Waals surface area contributed by atoms with E-state index in [2.05, 4.69) is 22.3 Å². The van der Waals surface area contributed by atoms with Crippen LogP contribution in [0.25, 0.3) is 5.65 Å². The first-order chi connectivity index (χ1) is 8.19. The summed E-state index contributed by atoms with van der Waals surface area (Å²) in [5, 5.41) is 7.70. The highest BCUT2D eigenvalue weighted by Crippen LogP contribution is 2.04. The molecule has 0 saturated carbocycles.